The van der Waals surface area contributed by atoms with Crippen LogP contribution in [0.1, 0.15) is 24.4 Å². The maximum Gasteiger partial charge on any atom is 0.123 e. The number of rotatable bonds is 3. The lowest BCUT2D eigenvalue weighted by Gasteiger charge is -2.37. The van der Waals surface area contributed by atoms with E-state index in [9.17, 15) is 10.4 Å². The molecule has 0 bridgehead atoms. The fraction of sp³-hybridized carbons (Fsp3) is 0.533. The van der Waals surface area contributed by atoms with Crippen LogP contribution in [0.25, 0.3) is 0 Å². The Labute approximate surface area is 114 Å². The molecule has 0 spiro atoms. The van der Waals surface area contributed by atoms with E-state index < -0.39 is 0 Å². The molecule has 1 heterocycles. The highest BCUT2D eigenvalue weighted by atomic mass is 16.3. The van der Waals surface area contributed by atoms with Gasteiger partial charge in [-0.3, -0.25) is 4.90 Å². The summed E-state index contributed by atoms with van der Waals surface area (Å²) in [5.41, 5.74) is 0.946. The Balaban J connectivity index is 2.09. The molecule has 0 aliphatic carbocycles. The highest BCUT2D eigenvalue weighted by Crippen LogP contribution is 2.26. The van der Waals surface area contributed by atoms with Crippen molar-refractivity contribution in [3.63, 3.8) is 0 Å². The van der Waals surface area contributed by atoms with Crippen molar-refractivity contribution >= 4 is 0 Å². The molecule has 1 fully saturated rings. The summed E-state index contributed by atoms with van der Waals surface area (Å²) in [7, 11) is 4.16. The molecule has 0 aromatic heterocycles. The lowest BCUT2D eigenvalue weighted by atomic mass is 9.99. The zero-order valence-corrected chi connectivity index (χ0v) is 11.6. The molecule has 1 aromatic carbocycles. The predicted octanol–water partition coefficient (Wildman–Crippen LogP) is 1.98. The molecule has 1 unspecified atom stereocenters. The SMILES string of the molecule is CN1CCC(N(C)C(C#N)c2ccc(O)cc2)CC1. The van der Waals surface area contributed by atoms with E-state index in [1.54, 1.807) is 12.1 Å². The number of benzene rings is 1. The molecule has 1 aliphatic rings. The third-order valence-corrected chi connectivity index (χ3v) is 4.00. The molecular weight excluding hydrogens is 238 g/mol. The number of hydrogen-bond donors (Lipinski definition) is 1. The normalized spacial score (nSPS) is 19.3. The predicted molar refractivity (Wildman–Crippen MR) is 74.7 cm³/mol. The van der Waals surface area contributed by atoms with Crippen LogP contribution >= 0.6 is 0 Å². The van der Waals surface area contributed by atoms with Crippen molar-refractivity contribution in [1.82, 2.24) is 9.80 Å². The van der Waals surface area contributed by atoms with Crippen molar-refractivity contribution in [3.05, 3.63) is 29.8 Å². The lowest BCUT2D eigenvalue weighted by molar-refractivity contribution is 0.126. The summed E-state index contributed by atoms with van der Waals surface area (Å²) in [6.45, 7) is 2.17. The smallest absolute Gasteiger partial charge is 0.123 e. The van der Waals surface area contributed by atoms with Gasteiger partial charge in [-0.05, 0) is 57.7 Å². The second kappa shape index (κ2) is 6.05. The van der Waals surface area contributed by atoms with Crippen LogP contribution in [0.3, 0.4) is 0 Å². The number of aromatic hydroxyl groups is 1. The number of phenolic OH excluding ortho intramolecular Hbond substituents is 1. The summed E-state index contributed by atoms with van der Waals surface area (Å²) < 4.78 is 0. The largest absolute Gasteiger partial charge is 0.508 e. The molecule has 1 N–H and O–H groups in total. The van der Waals surface area contributed by atoms with E-state index in [-0.39, 0.29) is 11.8 Å². The van der Waals surface area contributed by atoms with Gasteiger partial charge in [-0.2, -0.15) is 5.26 Å². The molecule has 1 aromatic rings. The number of nitriles is 1. The molecule has 1 aliphatic heterocycles. The van der Waals surface area contributed by atoms with Gasteiger partial charge in [0.2, 0.25) is 0 Å². The van der Waals surface area contributed by atoms with Crippen molar-refractivity contribution in [2.45, 2.75) is 24.9 Å². The minimum atomic E-state index is -0.242. The standard InChI is InChI=1S/C15H21N3O/c1-17-9-7-13(8-10-17)18(2)15(11-16)12-3-5-14(19)6-4-12/h3-6,13,15,19H,7-10H2,1-2H3. The lowest BCUT2D eigenvalue weighted by Crippen LogP contribution is -2.43. The first kappa shape index (κ1) is 13.9. The van der Waals surface area contributed by atoms with Crippen LogP contribution in [0.5, 0.6) is 5.75 Å². The highest BCUT2D eigenvalue weighted by molar-refractivity contribution is 5.30. The second-order valence-corrected chi connectivity index (χ2v) is 5.32. The molecule has 0 saturated carbocycles. The molecule has 19 heavy (non-hydrogen) atoms. The molecule has 102 valence electrons. The Kier molecular flexibility index (Phi) is 4.41. The molecule has 1 atom stereocenters. The van der Waals surface area contributed by atoms with Gasteiger partial charge < -0.3 is 10.0 Å². The fourth-order valence-electron chi connectivity index (χ4n) is 2.67. The average Bonchev–Trinajstić information content (AvgIpc) is 2.42. The van der Waals surface area contributed by atoms with E-state index in [2.05, 4.69) is 22.9 Å². The second-order valence-electron chi connectivity index (χ2n) is 5.32. The Morgan fingerprint density at radius 3 is 2.42 bits per heavy atom. The number of piperidine rings is 1. The van der Waals surface area contributed by atoms with E-state index in [1.165, 1.54) is 0 Å². The van der Waals surface area contributed by atoms with E-state index >= 15 is 0 Å². The molecule has 4 heteroatoms. The van der Waals surface area contributed by atoms with Crippen LogP contribution in [-0.4, -0.2) is 48.1 Å². The van der Waals surface area contributed by atoms with Crippen LogP contribution in [-0.2, 0) is 0 Å². The van der Waals surface area contributed by atoms with Gasteiger partial charge in [-0.1, -0.05) is 12.1 Å². The Hall–Kier alpha value is -1.57. The maximum atomic E-state index is 9.44. The first-order valence-corrected chi connectivity index (χ1v) is 6.71. The van der Waals surface area contributed by atoms with E-state index in [4.69, 9.17) is 0 Å². The van der Waals surface area contributed by atoms with Crippen LogP contribution in [0.4, 0.5) is 0 Å². The quantitative estimate of drug-likeness (QED) is 0.902. The molecule has 1 saturated heterocycles. The first-order chi connectivity index (χ1) is 9.11. The van der Waals surface area contributed by atoms with Crippen molar-refractivity contribution in [2.75, 3.05) is 27.2 Å². The minimum absolute atomic E-state index is 0.238. The number of phenols is 1. The third kappa shape index (κ3) is 3.25. The highest BCUT2D eigenvalue weighted by Gasteiger charge is 2.26. The summed E-state index contributed by atoms with van der Waals surface area (Å²) in [4.78, 5) is 4.49. The molecule has 4 nitrogen and oxygen atoms in total. The Morgan fingerprint density at radius 1 is 1.32 bits per heavy atom. The number of nitrogens with zero attached hydrogens (tertiary/aromatic N) is 3. The van der Waals surface area contributed by atoms with Crippen LogP contribution < -0.4 is 0 Å². The molecule has 2 rings (SSSR count). The van der Waals surface area contributed by atoms with Crippen molar-refractivity contribution in [3.8, 4) is 11.8 Å². The van der Waals surface area contributed by atoms with Gasteiger partial charge in [0.15, 0.2) is 0 Å². The molecule has 0 amide bonds. The summed E-state index contributed by atoms with van der Waals surface area (Å²) >= 11 is 0. The third-order valence-electron chi connectivity index (χ3n) is 4.00. The van der Waals surface area contributed by atoms with Crippen LogP contribution in [0.2, 0.25) is 0 Å². The topological polar surface area (TPSA) is 50.5 Å². The van der Waals surface area contributed by atoms with Gasteiger partial charge in [0.1, 0.15) is 11.8 Å². The van der Waals surface area contributed by atoms with Gasteiger partial charge in [-0.15, -0.1) is 0 Å². The van der Waals surface area contributed by atoms with E-state index in [0.717, 1.165) is 31.5 Å². The minimum Gasteiger partial charge on any atom is -0.508 e. The van der Waals surface area contributed by atoms with Crippen LogP contribution in [0, 0.1) is 11.3 Å². The van der Waals surface area contributed by atoms with Crippen LogP contribution in [0.15, 0.2) is 24.3 Å². The Morgan fingerprint density at radius 2 is 1.89 bits per heavy atom. The maximum absolute atomic E-state index is 9.44. The van der Waals surface area contributed by atoms with Crippen molar-refractivity contribution < 1.29 is 5.11 Å². The van der Waals surface area contributed by atoms with Gasteiger partial charge in [0, 0.05) is 6.04 Å². The average molecular weight is 259 g/mol. The summed E-state index contributed by atoms with van der Waals surface area (Å²) in [5, 5.41) is 18.8. The number of likely N-dealkylation sites (tertiary alicyclic amines) is 1. The van der Waals surface area contributed by atoms with E-state index in [0.29, 0.717) is 6.04 Å². The summed E-state index contributed by atoms with van der Waals surface area (Å²) in [5.74, 6) is 0.238. The van der Waals surface area contributed by atoms with E-state index in [1.807, 2.05) is 19.2 Å². The monoisotopic (exact) mass is 259 g/mol. The summed E-state index contributed by atoms with van der Waals surface area (Å²) in [6.07, 6.45) is 2.20. The van der Waals surface area contributed by atoms with Crippen molar-refractivity contribution in [2.24, 2.45) is 0 Å². The van der Waals surface area contributed by atoms with Gasteiger partial charge >= 0.3 is 0 Å². The van der Waals surface area contributed by atoms with Gasteiger partial charge in [0.05, 0.1) is 6.07 Å². The van der Waals surface area contributed by atoms with Gasteiger partial charge in [0.25, 0.3) is 0 Å². The Bertz CT molecular complexity index is 443. The zero-order chi connectivity index (χ0) is 13.8. The number of hydrogen-bond acceptors (Lipinski definition) is 4. The zero-order valence-electron chi connectivity index (χ0n) is 11.6. The fourth-order valence-corrected chi connectivity index (χ4v) is 2.67. The summed E-state index contributed by atoms with van der Waals surface area (Å²) in [6, 6.07) is 9.53. The van der Waals surface area contributed by atoms with Crippen molar-refractivity contribution in [1.29, 1.82) is 5.26 Å². The molecule has 0 radical (unpaired) electrons. The van der Waals surface area contributed by atoms with Gasteiger partial charge in [-0.25, -0.2) is 0 Å². The first-order valence-electron chi connectivity index (χ1n) is 6.71. The molecular formula is C15H21N3O.